The highest BCUT2D eigenvalue weighted by atomic mass is 35.5. The molecule has 1 heterocycles. The summed E-state index contributed by atoms with van der Waals surface area (Å²) < 4.78 is 46.6. The number of halogens is 2. The molecule has 1 aliphatic rings. The smallest absolute Gasteiger partial charge is 0.253 e. The first-order valence-corrected chi connectivity index (χ1v) is 10.9. The first-order valence-electron chi connectivity index (χ1n) is 9.12. The van der Waals surface area contributed by atoms with Crippen LogP contribution in [-0.2, 0) is 16.6 Å². The van der Waals surface area contributed by atoms with Crippen LogP contribution in [0.15, 0.2) is 41.3 Å². The molecule has 6 nitrogen and oxygen atoms in total. The average molecular weight is 441 g/mol. The summed E-state index contributed by atoms with van der Waals surface area (Å²) in [4.78, 5) is 14.1. The van der Waals surface area contributed by atoms with Crippen molar-refractivity contribution in [2.24, 2.45) is 0 Å². The van der Waals surface area contributed by atoms with Gasteiger partial charge in [0.25, 0.3) is 5.91 Å². The van der Waals surface area contributed by atoms with Gasteiger partial charge < -0.3 is 9.64 Å². The van der Waals surface area contributed by atoms with Crippen LogP contribution in [0.3, 0.4) is 0 Å². The maximum Gasteiger partial charge on any atom is 0.253 e. The Balaban J connectivity index is 1.91. The lowest BCUT2D eigenvalue weighted by Gasteiger charge is -2.21. The van der Waals surface area contributed by atoms with E-state index in [9.17, 15) is 17.6 Å². The summed E-state index contributed by atoms with van der Waals surface area (Å²) >= 11 is 6.04. The Bertz CT molecular complexity index is 1000. The van der Waals surface area contributed by atoms with Gasteiger partial charge in [-0.25, -0.2) is 12.8 Å². The number of hydrogen-bond acceptors (Lipinski definition) is 4. The van der Waals surface area contributed by atoms with Crippen LogP contribution in [0.1, 0.15) is 28.8 Å². The molecule has 0 unspecified atom stereocenters. The quantitative estimate of drug-likeness (QED) is 0.689. The minimum absolute atomic E-state index is 0.0509. The van der Waals surface area contributed by atoms with Gasteiger partial charge in [0.15, 0.2) is 0 Å². The molecule has 0 N–H and O–H groups in total. The lowest BCUT2D eigenvalue weighted by molar-refractivity contribution is 0.0783. The second kappa shape index (κ2) is 8.69. The maximum atomic E-state index is 14.0. The molecule has 0 aromatic heterocycles. The normalized spacial score (nSPS) is 14.8. The predicted octanol–water partition coefficient (Wildman–Crippen LogP) is 3.54. The van der Waals surface area contributed by atoms with Gasteiger partial charge in [-0.05, 0) is 43.2 Å². The number of benzene rings is 2. The molecule has 3 rings (SSSR count). The summed E-state index contributed by atoms with van der Waals surface area (Å²) in [5.74, 6) is -0.790. The summed E-state index contributed by atoms with van der Waals surface area (Å²) in [7, 11) is -0.894. The standard InChI is InChI=1S/C20H22ClFN2O4S/c1-23(13-15-16(21)6-5-7-17(15)22)20(25)14-8-9-18(28-2)19(12-14)29(26,27)24-10-3-4-11-24/h5-9,12H,3-4,10-11,13H2,1-2H3. The predicted molar refractivity (Wildman–Crippen MR) is 108 cm³/mol. The minimum Gasteiger partial charge on any atom is -0.495 e. The zero-order valence-corrected chi connectivity index (χ0v) is 17.8. The molecule has 0 spiro atoms. The average Bonchev–Trinajstić information content (AvgIpc) is 3.25. The molecule has 1 aliphatic heterocycles. The number of rotatable bonds is 6. The second-order valence-electron chi connectivity index (χ2n) is 6.84. The van der Waals surface area contributed by atoms with Crippen molar-refractivity contribution in [1.82, 2.24) is 9.21 Å². The third kappa shape index (κ3) is 4.39. The van der Waals surface area contributed by atoms with Crippen LogP contribution in [-0.4, -0.2) is 50.8 Å². The fraction of sp³-hybridized carbons (Fsp3) is 0.350. The van der Waals surface area contributed by atoms with Gasteiger partial charge >= 0.3 is 0 Å². The van der Waals surface area contributed by atoms with E-state index in [0.29, 0.717) is 13.1 Å². The minimum atomic E-state index is -3.78. The molecular weight excluding hydrogens is 419 g/mol. The van der Waals surface area contributed by atoms with Crippen molar-refractivity contribution >= 4 is 27.5 Å². The molecule has 0 aliphatic carbocycles. The van der Waals surface area contributed by atoms with Crippen molar-refractivity contribution in [2.45, 2.75) is 24.3 Å². The van der Waals surface area contributed by atoms with Gasteiger partial charge in [-0.1, -0.05) is 17.7 Å². The van der Waals surface area contributed by atoms with E-state index in [1.807, 2.05) is 0 Å². The van der Waals surface area contributed by atoms with Crippen LogP contribution in [0, 0.1) is 5.82 Å². The third-order valence-corrected chi connectivity index (χ3v) is 7.17. The van der Waals surface area contributed by atoms with Crippen molar-refractivity contribution in [1.29, 1.82) is 0 Å². The highest BCUT2D eigenvalue weighted by Gasteiger charge is 2.31. The van der Waals surface area contributed by atoms with Gasteiger partial charge in [0.1, 0.15) is 16.5 Å². The van der Waals surface area contributed by atoms with Crippen LogP contribution >= 0.6 is 11.6 Å². The van der Waals surface area contributed by atoms with Crippen LogP contribution < -0.4 is 4.74 Å². The van der Waals surface area contributed by atoms with Crippen molar-refractivity contribution in [3.63, 3.8) is 0 Å². The van der Waals surface area contributed by atoms with E-state index in [1.54, 1.807) is 6.07 Å². The van der Waals surface area contributed by atoms with Gasteiger partial charge in [0.05, 0.1) is 7.11 Å². The van der Waals surface area contributed by atoms with E-state index in [-0.39, 0.29) is 33.3 Å². The molecule has 0 saturated carbocycles. The first-order chi connectivity index (χ1) is 13.8. The zero-order valence-electron chi connectivity index (χ0n) is 16.2. The third-order valence-electron chi connectivity index (χ3n) is 4.90. The molecule has 0 bridgehead atoms. The molecule has 1 saturated heterocycles. The number of sulfonamides is 1. The van der Waals surface area contributed by atoms with Crippen LogP contribution in [0.2, 0.25) is 5.02 Å². The summed E-state index contributed by atoms with van der Waals surface area (Å²) in [6, 6.07) is 8.57. The molecule has 0 radical (unpaired) electrons. The highest BCUT2D eigenvalue weighted by molar-refractivity contribution is 7.89. The Morgan fingerprint density at radius 1 is 1.24 bits per heavy atom. The monoisotopic (exact) mass is 440 g/mol. The molecule has 9 heteroatoms. The molecule has 2 aromatic carbocycles. The second-order valence-corrected chi connectivity index (χ2v) is 9.15. The Kier molecular flexibility index (Phi) is 6.45. The number of amides is 1. The molecule has 2 aromatic rings. The summed E-state index contributed by atoms with van der Waals surface area (Å²) in [6.45, 7) is 0.829. The van der Waals surface area contributed by atoms with Gasteiger partial charge in [-0.15, -0.1) is 0 Å². The van der Waals surface area contributed by atoms with Gasteiger partial charge in [0, 0.05) is 42.8 Å². The van der Waals surface area contributed by atoms with Gasteiger partial charge in [-0.3, -0.25) is 4.79 Å². The van der Waals surface area contributed by atoms with Gasteiger partial charge in [-0.2, -0.15) is 4.31 Å². The Labute approximate surface area is 174 Å². The summed E-state index contributed by atoms with van der Waals surface area (Å²) in [5, 5.41) is 0.219. The van der Waals surface area contributed by atoms with E-state index in [2.05, 4.69) is 0 Å². The van der Waals surface area contributed by atoms with Crippen molar-refractivity contribution < 1.29 is 22.3 Å². The SMILES string of the molecule is COc1ccc(C(=O)N(C)Cc2c(F)cccc2Cl)cc1S(=O)(=O)N1CCCC1. The van der Waals surface area contributed by atoms with Crippen molar-refractivity contribution in [3.8, 4) is 5.75 Å². The Morgan fingerprint density at radius 3 is 2.55 bits per heavy atom. The van der Waals surface area contributed by atoms with Crippen LogP contribution in [0.4, 0.5) is 4.39 Å². The van der Waals surface area contributed by atoms with E-state index in [0.717, 1.165) is 12.8 Å². The Morgan fingerprint density at radius 2 is 1.93 bits per heavy atom. The maximum absolute atomic E-state index is 14.0. The summed E-state index contributed by atoms with van der Waals surface area (Å²) in [6.07, 6.45) is 1.60. The first kappa shape index (κ1) is 21.5. The molecule has 1 amide bonds. The topological polar surface area (TPSA) is 66.9 Å². The van der Waals surface area contributed by atoms with E-state index < -0.39 is 21.7 Å². The fourth-order valence-electron chi connectivity index (χ4n) is 3.29. The van der Waals surface area contributed by atoms with E-state index in [1.165, 1.54) is 53.7 Å². The lowest BCUT2D eigenvalue weighted by atomic mass is 10.1. The molecule has 0 atom stereocenters. The fourth-order valence-corrected chi connectivity index (χ4v) is 5.21. The largest absolute Gasteiger partial charge is 0.495 e. The highest BCUT2D eigenvalue weighted by Crippen LogP contribution is 2.30. The van der Waals surface area contributed by atoms with Crippen molar-refractivity contribution in [3.05, 3.63) is 58.4 Å². The van der Waals surface area contributed by atoms with Crippen LogP contribution in [0.5, 0.6) is 5.75 Å². The number of nitrogens with zero attached hydrogens (tertiary/aromatic N) is 2. The number of methoxy groups -OCH3 is 1. The van der Waals surface area contributed by atoms with Crippen molar-refractivity contribution in [2.75, 3.05) is 27.2 Å². The molecule has 1 fully saturated rings. The molecular formula is C20H22ClFN2O4S. The summed E-state index contributed by atoms with van der Waals surface area (Å²) in [5.41, 5.74) is 0.363. The number of ether oxygens (including phenoxy) is 1. The van der Waals surface area contributed by atoms with E-state index >= 15 is 0 Å². The lowest BCUT2D eigenvalue weighted by Crippen LogP contribution is -2.29. The number of hydrogen-bond donors (Lipinski definition) is 0. The van der Waals surface area contributed by atoms with E-state index in [4.69, 9.17) is 16.3 Å². The zero-order chi connectivity index (χ0) is 21.2. The number of carbonyl (C=O) groups is 1. The van der Waals surface area contributed by atoms with Gasteiger partial charge in [0.2, 0.25) is 10.0 Å². The number of carbonyl (C=O) groups excluding carboxylic acids is 1. The Hall–Kier alpha value is -2.16. The van der Waals surface area contributed by atoms with Crippen LogP contribution in [0.25, 0.3) is 0 Å². The molecule has 29 heavy (non-hydrogen) atoms. The molecule has 156 valence electrons.